The van der Waals surface area contributed by atoms with Gasteiger partial charge >= 0.3 is 12.1 Å². The number of aldehydes is 1. The molecule has 0 aliphatic carbocycles. The average Bonchev–Trinajstić information content (AvgIpc) is 2.77. The lowest BCUT2D eigenvalue weighted by Gasteiger charge is -1.99. The number of halogens is 3. The van der Waals surface area contributed by atoms with E-state index in [4.69, 9.17) is 0 Å². The van der Waals surface area contributed by atoms with Gasteiger partial charge in [0, 0.05) is 11.8 Å². The summed E-state index contributed by atoms with van der Waals surface area (Å²) in [6.45, 7) is 1.60. The second kappa shape index (κ2) is 4.21. The van der Waals surface area contributed by atoms with Crippen LogP contribution in [0.4, 0.5) is 13.2 Å². The summed E-state index contributed by atoms with van der Waals surface area (Å²) in [5, 5.41) is 3.22. The van der Waals surface area contributed by atoms with E-state index in [1.165, 1.54) is 12.3 Å². The Morgan fingerprint density at radius 3 is 2.61 bits per heavy atom. The second-order valence-electron chi connectivity index (χ2n) is 3.46. The van der Waals surface area contributed by atoms with Gasteiger partial charge in [0.1, 0.15) is 5.69 Å². The summed E-state index contributed by atoms with van der Waals surface area (Å²) in [5.41, 5.74) is 0.969. The highest BCUT2D eigenvalue weighted by Gasteiger charge is 2.38. The molecule has 0 spiro atoms. The van der Waals surface area contributed by atoms with E-state index in [0.717, 1.165) is 0 Å². The van der Waals surface area contributed by atoms with Crippen LogP contribution in [0.1, 0.15) is 21.9 Å². The Morgan fingerprint density at radius 2 is 2.11 bits per heavy atom. The Balaban J connectivity index is 2.40. The van der Waals surface area contributed by atoms with Crippen molar-refractivity contribution in [2.75, 3.05) is 0 Å². The zero-order chi connectivity index (χ0) is 13.3. The van der Waals surface area contributed by atoms with Crippen molar-refractivity contribution in [1.82, 2.24) is 15.1 Å². The van der Waals surface area contributed by atoms with Crippen LogP contribution in [-0.4, -0.2) is 21.4 Å². The first kappa shape index (κ1) is 12.2. The van der Waals surface area contributed by atoms with Gasteiger partial charge in [-0.05, 0) is 18.6 Å². The molecule has 0 aliphatic heterocycles. The molecule has 2 aromatic rings. The van der Waals surface area contributed by atoms with E-state index in [2.05, 4.69) is 19.6 Å². The molecule has 0 unspecified atom stereocenters. The highest BCUT2D eigenvalue weighted by molar-refractivity contribution is 5.75. The predicted octanol–water partition coefficient (Wildman–Crippen LogP) is 2.27. The first-order valence-corrected chi connectivity index (χ1v) is 4.75. The maximum Gasteiger partial charge on any atom is 0.471 e. The van der Waals surface area contributed by atoms with Crippen LogP contribution >= 0.6 is 0 Å². The second-order valence-corrected chi connectivity index (χ2v) is 3.46. The summed E-state index contributed by atoms with van der Waals surface area (Å²) < 4.78 is 40.9. The van der Waals surface area contributed by atoms with Crippen molar-refractivity contribution in [1.29, 1.82) is 0 Å². The van der Waals surface area contributed by atoms with Crippen molar-refractivity contribution in [2.45, 2.75) is 13.1 Å². The number of rotatable bonds is 2. The lowest BCUT2D eigenvalue weighted by molar-refractivity contribution is -0.159. The lowest BCUT2D eigenvalue weighted by Crippen LogP contribution is -2.04. The Morgan fingerprint density at radius 1 is 1.39 bits per heavy atom. The molecule has 0 N–H and O–H groups in total. The summed E-state index contributed by atoms with van der Waals surface area (Å²) in [6.07, 6.45) is -2.92. The summed E-state index contributed by atoms with van der Waals surface area (Å²) in [6, 6.07) is 1.46. The summed E-state index contributed by atoms with van der Waals surface area (Å²) in [5.74, 6) is -1.65. The summed E-state index contributed by atoms with van der Waals surface area (Å²) in [4.78, 5) is 17.5. The van der Waals surface area contributed by atoms with Gasteiger partial charge in [0.15, 0.2) is 6.29 Å². The number of aryl methyl sites for hydroxylation is 1. The number of hydrogen-bond donors (Lipinski definition) is 0. The van der Waals surface area contributed by atoms with Crippen LogP contribution in [0.3, 0.4) is 0 Å². The molecule has 0 amide bonds. The van der Waals surface area contributed by atoms with Crippen LogP contribution in [0.5, 0.6) is 0 Å². The monoisotopic (exact) mass is 257 g/mol. The Kier molecular flexibility index (Phi) is 2.85. The first-order chi connectivity index (χ1) is 8.41. The van der Waals surface area contributed by atoms with Gasteiger partial charge in [-0.25, -0.2) is 0 Å². The maximum absolute atomic E-state index is 12.3. The SMILES string of the molecule is Cc1cc(-c2noc(C(F)(F)F)n2)cnc1C=O. The first-order valence-electron chi connectivity index (χ1n) is 4.75. The third-order valence-electron chi connectivity index (χ3n) is 2.16. The smallest absolute Gasteiger partial charge is 0.329 e. The van der Waals surface area contributed by atoms with Crippen molar-refractivity contribution >= 4 is 6.29 Å². The van der Waals surface area contributed by atoms with E-state index in [0.29, 0.717) is 11.8 Å². The molecule has 0 aliphatic rings. The van der Waals surface area contributed by atoms with E-state index in [-0.39, 0.29) is 17.1 Å². The Labute approximate surface area is 98.6 Å². The van der Waals surface area contributed by atoms with Gasteiger partial charge in [0.2, 0.25) is 5.82 Å². The molecule has 0 bridgehead atoms. The highest BCUT2D eigenvalue weighted by atomic mass is 19.4. The van der Waals surface area contributed by atoms with E-state index < -0.39 is 12.1 Å². The average molecular weight is 257 g/mol. The molecule has 0 saturated heterocycles. The molecule has 0 saturated carbocycles. The maximum atomic E-state index is 12.3. The van der Waals surface area contributed by atoms with Crippen molar-refractivity contribution < 1.29 is 22.5 Å². The fourth-order valence-electron chi connectivity index (χ4n) is 1.29. The van der Waals surface area contributed by atoms with Crippen LogP contribution < -0.4 is 0 Å². The fourth-order valence-corrected chi connectivity index (χ4v) is 1.29. The number of carbonyl (C=O) groups excluding carboxylic acids is 1. The standard InChI is InChI=1S/C10H6F3N3O2/c1-5-2-6(3-14-7(5)4-17)8-15-9(18-16-8)10(11,12)13/h2-4H,1H3. The number of hydrogen-bond acceptors (Lipinski definition) is 5. The van der Waals surface area contributed by atoms with Gasteiger partial charge in [-0.3, -0.25) is 9.78 Å². The molecule has 0 atom stereocenters. The van der Waals surface area contributed by atoms with Crippen molar-refractivity contribution in [3.05, 3.63) is 29.4 Å². The number of pyridine rings is 1. The lowest BCUT2D eigenvalue weighted by atomic mass is 10.1. The topological polar surface area (TPSA) is 68.9 Å². The Bertz CT molecular complexity index is 592. The Hall–Kier alpha value is -2.25. The van der Waals surface area contributed by atoms with Gasteiger partial charge in [-0.1, -0.05) is 5.16 Å². The van der Waals surface area contributed by atoms with Crippen LogP contribution in [0, 0.1) is 6.92 Å². The quantitative estimate of drug-likeness (QED) is 0.772. The molecule has 5 nitrogen and oxygen atoms in total. The molecule has 0 radical (unpaired) electrons. The highest BCUT2D eigenvalue weighted by Crippen LogP contribution is 2.29. The molecule has 8 heteroatoms. The van der Waals surface area contributed by atoms with Gasteiger partial charge in [0.05, 0.1) is 0 Å². The summed E-state index contributed by atoms with van der Waals surface area (Å²) in [7, 11) is 0. The molecule has 0 fully saturated rings. The van der Waals surface area contributed by atoms with Crippen LogP contribution in [0.2, 0.25) is 0 Å². The van der Waals surface area contributed by atoms with E-state index in [1.807, 2.05) is 0 Å². The molecule has 2 aromatic heterocycles. The van der Waals surface area contributed by atoms with Gasteiger partial charge in [-0.2, -0.15) is 18.2 Å². The van der Waals surface area contributed by atoms with Crippen LogP contribution in [0.15, 0.2) is 16.8 Å². The third-order valence-corrected chi connectivity index (χ3v) is 2.16. The van der Waals surface area contributed by atoms with Crippen molar-refractivity contribution in [2.24, 2.45) is 0 Å². The molecule has 18 heavy (non-hydrogen) atoms. The zero-order valence-corrected chi connectivity index (χ0v) is 9.02. The fraction of sp³-hybridized carbons (Fsp3) is 0.200. The number of aromatic nitrogens is 3. The minimum atomic E-state index is -4.68. The summed E-state index contributed by atoms with van der Waals surface area (Å²) >= 11 is 0. The number of carbonyl (C=O) groups is 1. The van der Waals surface area contributed by atoms with E-state index in [1.54, 1.807) is 6.92 Å². The van der Waals surface area contributed by atoms with Gasteiger partial charge < -0.3 is 4.52 Å². The molecule has 2 heterocycles. The third kappa shape index (κ3) is 2.22. The normalized spacial score (nSPS) is 11.6. The van der Waals surface area contributed by atoms with Crippen LogP contribution in [-0.2, 0) is 6.18 Å². The number of alkyl halides is 3. The zero-order valence-electron chi connectivity index (χ0n) is 9.02. The van der Waals surface area contributed by atoms with Crippen molar-refractivity contribution in [3.8, 4) is 11.4 Å². The van der Waals surface area contributed by atoms with Crippen LogP contribution in [0.25, 0.3) is 11.4 Å². The molecule has 2 rings (SSSR count). The minimum absolute atomic E-state index is 0.207. The molecular formula is C10H6F3N3O2. The number of nitrogens with zero attached hydrogens (tertiary/aromatic N) is 3. The molecule has 94 valence electrons. The van der Waals surface area contributed by atoms with E-state index in [9.17, 15) is 18.0 Å². The minimum Gasteiger partial charge on any atom is -0.329 e. The van der Waals surface area contributed by atoms with E-state index >= 15 is 0 Å². The largest absolute Gasteiger partial charge is 0.471 e. The van der Waals surface area contributed by atoms with Gasteiger partial charge in [0.25, 0.3) is 0 Å². The molecular weight excluding hydrogens is 251 g/mol. The molecule has 0 aromatic carbocycles. The predicted molar refractivity (Wildman–Crippen MR) is 52.7 cm³/mol. The van der Waals surface area contributed by atoms with Gasteiger partial charge in [-0.15, -0.1) is 0 Å². The van der Waals surface area contributed by atoms with Crippen molar-refractivity contribution in [3.63, 3.8) is 0 Å².